The van der Waals surface area contributed by atoms with Crippen LogP contribution in [0.25, 0.3) is 0 Å². The summed E-state index contributed by atoms with van der Waals surface area (Å²) >= 11 is 0. The van der Waals surface area contributed by atoms with Crippen molar-refractivity contribution in [1.29, 1.82) is 0 Å². The highest BCUT2D eigenvalue weighted by molar-refractivity contribution is 6.46. The highest BCUT2D eigenvalue weighted by atomic mass is 28.3. The van der Waals surface area contributed by atoms with Crippen LogP contribution in [-0.2, 0) is 18.4 Å². The molecule has 105 valence electrons. The summed E-state index contributed by atoms with van der Waals surface area (Å²) in [6.07, 6.45) is 1.71. The van der Waals surface area contributed by atoms with E-state index in [1.54, 1.807) is 6.92 Å². The SMILES string of the molecule is C=C(C)C(=O)OC(CC)[Si](OCC)OC(C)CC. The van der Waals surface area contributed by atoms with Crippen LogP contribution in [0.5, 0.6) is 0 Å². The Labute approximate surface area is 112 Å². The Morgan fingerprint density at radius 2 is 1.89 bits per heavy atom. The van der Waals surface area contributed by atoms with Gasteiger partial charge in [0, 0.05) is 18.3 Å². The lowest BCUT2D eigenvalue weighted by atomic mass is 10.3. The molecule has 0 saturated heterocycles. The number of ether oxygens (including phenoxy) is 1. The first-order valence-corrected chi connectivity index (χ1v) is 7.88. The quantitative estimate of drug-likeness (QED) is 0.368. The fourth-order valence-electron chi connectivity index (χ4n) is 1.15. The number of carbonyl (C=O) groups is 1. The van der Waals surface area contributed by atoms with Crippen molar-refractivity contribution in [2.45, 2.75) is 59.3 Å². The monoisotopic (exact) mass is 273 g/mol. The van der Waals surface area contributed by atoms with Crippen LogP contribution < -0.4 is 0 Å². The molecule has 0 saturated carbocycles. The molecule has 2 unspecified atom stereocenters. The van der Waals surface area contributed by atoms with E-state index in [9.17, 15) is 4.79 Å². The Morgan fingerprint density at radius 1 is 1.28 bits per heavy atom. The van der Waals surface area contributed by atoms with E-state index in [1.165, 1.54) is 0 Å². The molecule has 0 aromatic rings. The molecule has 2 atom stereocenters. The van der Waals surface area contributed by atoms with Gasteiger partial charge in [0.15, 0.2) is 0 Å². The first-order valence-electron chi connectivity index (χ1n) is 6.48. The fourth-order valence-corrected chi connectivity index (χ4v) is 2.94. The Kier molecular flexibility index (Phi) is 8.96. The minimum absolute atomic E-state index is 0.114. The zero-order chi connectivity index (χ0) is 14.1. The van der Waals surface area contributed by atoms with E-state index in [-0.39, 0.29) is 17.8 Å². The Morgan fingerprint density at radius 3 is 2.28 bits per heavy atom. The van der Waals surface area contributed by atoms with Crippen molar-refractivity contribution >= 4 is 15.3 Å². The van der Waals surface area contributed by atoms with E-state index in [1.807, 2.05) is 20.8 Å². The van der Waals surface area contributed by atoms with Crippen molar-refractivity contribution in [3.63, 3.8) is 0 Å². The summed E-state index contributed by atoms with van der Waals surface area (Å²) in [4.78, 5) is 11.6. The summed E-state index contributed by atoms with van der Waals surface area (Å²) in [7, 11) is -1.61. The maximum Gasteiger partial charge on any atom is 0.430 e. The Balaban J connectivity index is 4.59. The predicted molar refractivity (Wildman–Crippen MR) is 73.2 cm³/mol. The van der Waals surface area contributed by atoms with Crippen LogP contribution in [0.3, 0.4) is 0 Å². The molecule has 0 rings (SSSR count). The molecular formula is C13H25O4Si. The highest BCUT2D eigenvalue weighted by Crippen LogP contribution is 2.12. The third-order valence-electron chi connectivity index (χ3n) is 2.41. The van der Waals surface area contributed by atoms with Crippen molar-refractivity contribution < 1.29 is 18.4 Å². The standard InChI is InChI=1S/C13H25O4Si/c1-7-11(6)17-18(15-9-3)12(8-2)16-13(14)10(4)5/h11-12H,4,7-9H2,1-3,5-6H3. The third kappa shape index (κ3) is 6.33. The molecule has 18 heavy (non-hydrogen) atoms. The van der Waals surface area contributed by atoms with Gasteiger partial charge in [0.05, 0.1) is 0 Å². The van der Waals surface area contributed by atoms with Crippen molar-refractivity contribution in [1.82, 2.24) is 0 Å². The summed E-state index contributed by atoms with van der Waals surface area (Å²) in [6.45, 7) is 13.7. The van der Waals surface area contributed by atoms with Gasteiger partial charge in [-0.2, -0.15) is 0 Å². The van der Waals surface area contributed by atoms with Crippen molar-refractivity contribution in [2.24, 2.45) is 0 Å². The molecule has 0 aromatic carbocycles. The second-order valence-electron chi connectivity index (χ2n) is 4.17. The maximum absolute atomic E-state index is 11.6. The van der Waals surface area contributed by atoms with E-state index < -0.39 is 9.28 Å². The van der Waals surface area contributed by atoms with Gasteiger partial charge >= 0.3 is 15.3 Å². The first-order chi connectivity index (χ1) is 8.46. The molecule has 0 heterocycles. The van der Waals surface area contributed by atoms with Crippen LogP contribution in [0.15, 0.2) is 12.2 Å². The number of esters is 1. The molecule has 0 aromatic heterocycles. The summed E-state index contributed by atoms with van der Waals surface area (Å²) in [5.74, 6) is -0.378. The number of rotatable bonds is 9. The van der Waals surface area contributed by atoms with Crippen LogP contribution in [0.4, 0.5) is 0 Å². The van der Waals surface area contributed by atoms with Crippen molar-refractivity contribution in [3.05, 3.63) is 12.2 Å². The van der Waals surface area contributed by atoms with Crippen LogP contribution in [0, 0.1) is 0 Å². The molecule has 0 aliphatic heterocycles. The topological polar surface area (TPSA) is 44.8 Å². The number of hydrogen-bond donors (Lipinski definition) is 0. The van der Waals surface area contributed by atoms with Crippen molar-refractivity contribution in [2.75, 3.05) is 6.61 Å². The Bertz CT molecular complexity index is 268. The molecule has 0 aliphatic rings. The second kappa shape index (κ2) is 9.30. The Hall–Kier alpha value is -0.653. The lowest BCUT2D eigenvalue weighted by Gasteiger charge is -2.25. The molecule has 0 N–H and O–H groups in total. The van der Waals surface area contributed by atoms with Gasteiger partial charge < -0.3 is 13.6 Å². The molecule has 5 heteroatoms. The highest BCUT2D eigenvalue weighted by Gasteiger charge is 2.32. The molecule has 1 radical (unpaired) electrons. The van der Waals surface area contributed by atoms with Crippen LogP contribution in [0.2, 0.25) is 0 Å². The molecule has 0 aliphatic carbocycles. The molecule has 0 fully saturated rings. The average Bonchev–Trinajstić information content (AvgIpc) is 2.34. The predicted octanol–water partition coefficient (Wildman–Crippen LogP) is 2.76. The largest absolute Gasteiger partial charge is 0.457 e. The lowest BCUT2D eigenvalue weighted by Crippen LogP contribution is -2.42. The fraction of sp³-hybridized carbons (Fsp3) is 0.769. The minimum Gasteiger partial charge on any atom is -0.457 e. The van der Waals surface area contributed by atoms with Gasteiger partial charge in [0.1, 0.15) is 5.73 Å². The van der Waals surface area contributed by atoms with Gasteiger partial charge in [-0.25, -0.2) is 4.79 Å². The first kappa shape index (κ1) is 17.3. The van der Waals surface area contributed by atoms with E-state index in [0.29, 0.717) is 18.6 Å². The van der Waals surface area contributed by atoms with Gasteiger partial charge in [-0.05, 0) is 33.6 Å². The van der Waals surface area contributed by atoms with Gasteiger partial charge in [-0.3, -0.25) is 0 Å². The summed E-state index contributed by atoms with van der Waals surface area (Å²) in [6, 6.07) is 0. The normalized spacial score (nSPS) is 14.3. The smallest absolute Gasteiger partial charge is 0.430 e. The molecule has 0 amide bonds. The van der Waals surface area contributed by atoms with Crippen LogP contribution in [0.1, 0.15) is 47.5 Å². The van der Waals surface area contributed by atoms with E-state index in [0.717, 1.165) is 6.42 Å². The lowest BCUT2D eigenvalue weighted by molar-refractivity contribution is -0.142. The molecular weight excluding hydrogens is 248 g/mol. The summed E-state index contributed by atoms with van der Waals surface area (Å²) in [5, 5.41) is 0. The summed E-state index contributed by atoms with van der Waals surface area (Å²) in [5.41, 5.74) is 0.1000. The second-order valence-corrected chi connectivity index (χ2v) is 5.98. The maximum atomic E-state index is 11.6. The minimum atomic E-state index is -1.61. The van der Waals surface area contributed by atoms with E-state index >= 15 is 0 Å². The van der Waals surface area contributed by atoms with Gasteiger partial charge in [-0.1, -0.05) is 20.4 Å². The van der Waals surface area contributed by atoms with Gasteiger partial charge in [-0.15, -0.1) is 0 Å². The number of carbonyl (C=O) groups excluding carboxylic acids is 1. The van der Waals surface area contributed by atoms with Crippen LogP contribution in [-0.4, -0.2) is 33.7 Å². The van der Waals surface area contributed by atoms with Crippen molar-refractivity contribution in [3.8, 4) is 0 Å². The zero-order valence-corrected chi connectivity index (χ0v) is 13.1. The van der Waals surface area contributed by atoms with Gasteiger partial charge in [0.25, 0.3) is 0 Å². The van der Waals surface area contributed by atoms with Crippen LogP contribution >= 0.6 is 0 Å². The third-order valence-corrected chi connectivity index (χ3v) is 4.67. The molecule has 4 nitrogen and oxygen atoms in total. The van der Waals surface area contributed by atoms with E-state index in [4.69, 9.17) is 13.6 Å². The average molecular weight is 273 g/mol. The molecule has 0 spiro atoms. The van der Waals surface area contributed by atoms with Gasteiger partial charge in [0.2, 0.25) is 0 Å². The molecule has 0 bridgehead atoms. The van der Waals surface area contributed by atoms with E-state index in [2.05, 4.69) is 13.5 Å². The summed E-state index contributed by atoms with van der Waals surface area (Å²) < 4.78 is 16.8. The number of hydrogen-bond acceptors (Lipinski definition) is 4. The zero-order valence-electron chi connectivity index (χ0n) is 12.1.